The lowest BCUT2D eigenvalue weighted by Gasteiger charge is -1.99. The van der Waals surface area contributed by atoms with Gasteiger partial charge in [0.2, 0.25) is 0 Å². The van der Waals surface area contributed by atoms with E-state index in [1.54, 1.807) is 12.3 Å². The Morgan fingerprint density at radius 1 is 1.75 bits per heavy atom. The van der Waals surface area contributed by atoms with Crippen molar-refractivity contribution >= 4 is 6.08 Å². The Morgan fingerprint density at radius 3 is 3.25 bits per heavy atom. The molecule has 3 nitrogen and oxygen atoms in total. The van der Waals surface area contributed by atoms with E-state index in [4.69, 9.17) is 5.26 Å². The van der Waals surface area contributed by atoms with Gasteiger partial charge in [-0.1, -0.05) is 6.92 Å². The van der Waals surface area contributed by atoms with Crippen molar-refractivity contribution in [3.05, 3.63) is 24.0 Å². The van der Waals surface area contributed by atoms with Gasteiger partial charge >= 0.3 is 0 Å². The zero-order chi connectivity index (χ0) is 8.81. The number of hydrogen-bond donors (Lipinski definition) is 0. The Morgan fingerprint density at radius 2 is 2.58 bits per heavy atom. The molecule has 0 aliphatic rings. The number of aryl methyl sites for hydroxylation is 1. The molecule has 0 spiro atoms. The lowest BCUT2D eigenvalue weighted by molar-refractivity contribution is 0.598. The van der Waals surface area contributed by atoms with Crippen molar-refractivity contribution in [1.82, 2.24) is 9.78 Å². The lowest BCUT2D eigenvalue weighted by Crippen LogP contribution is -2.00. The van der Waals surface area contributed by atoms with Crippen molar-refractivity contribution in [3.8, 4) is 6.07 Å². The predicted octanol–water partition coefficient (Wildman–Crippen LogP) is 1.83. The van der Waals surface area contributed by atoms with E-state index < -0.39 is 0 Å². The van der Waals surface area contributed by atoms with Crippen molar-refractivity contribution < 1.29 is 0 Å². The van der Waals surface area contributed by atoms with E-state index in [1.807, 2.05) is 16.8 Å². The zero-order valence-electron chi connectivity index (χ0n) is 7.07. The first-order valence-electron chi connectivity index (χ1n) is 3.96. The van der Waals surface area contributed by atoms with E-state index in [0.29, 0.717) is 0 Å². The van der Waals surface area contributed by atoms with E-state index in [1.165, 1.54) is 6.08 Å². The third-order valence-electron chi connectivity index (χ3n) is 1.51. The van der Waals surface area contributed by atoms with E-state index in [9.17, 15) is 0 Å². The quantitative estimate of drug-likeness (QED) is 0.634. The Kier molecular flexibility index (Phi) is 3.09. The molecule has 0 radical (unpaired) electrons. The SMILES string of the molecule is CCCn1nccc1/C=C/C#N. The summed E-state index contributed by atoms with van der Waals surface area (Å²) in [5.74, 6) is 0. The summed E-state index contributed by atoms with van der Waals surface area (Å²) in [6.45, 7) is 3.00. The molecule has 0 atom stereocenters. The largest absolute Gasteiger partial charge is 0.265 e. The van der Waals surface area contributed by atoms with Gasteiger partial charge in [0.25, 0.3) is 0 Å². The minimum atomic E-state index is 0.901. The molecule has 12 heavy (non-hydrogen) atoms. The number of nitrogens with zero attached hydrogens (tertiary/aromatic N) is 3. The highest BCUT2D eigenvalue weighted by Gasteiger charge is 1.95. The summed E-state index contributed by atoms with van der Waals surface area (Å²) in [4.78, 5) is 0. The van der Waals surface area contributed by atoms with Gasteiger partial charge in [0.15, 0.2) is 0 Å². The standard InChI is InChI=1S/C9H11N3/c1-2-8-12-9(4-3-6-10)5-7-11-12/h3-5,7H,2,8H2,1H3/b4-3+. The normalized spacial score (nSPS) is 10.3. The molecule has 0 N–H and O–H groups in total. The molecule has 0 unspecified atom stereocenters. The highest BCUT2D eigenvalue weighted by atomic mass is 15.3. The Bertz CT molecular complexity index is 304. The van der Waals surface area contributed by atoms with E-state index in [2.05, 4.69) is 12.0 Å². The fourth-order valence-corrected chi connectivity index (χ4v) is 1.01. The molecule has 62 valence electrons. The average molecular weight is 161 g/mol. The lowest BCUT2D eigenvalue weighted by atomic mass is 10.3. The van der Waals surface area contributed by atoms with Gasteiger partial charge in [0, 0.05) is 18.8 Å². The van der Waals surface area contributed by atoms with Gasteiger partial charge in [-0.15, -0.1) is 0 Å². The maximum absolute atomic E-state index is 8.32. The van der Waals surface area contributed by atoms with E-state index >= 15 is 0 Å². The second kappa shape index (κ2) is 4.35. The molecular weight excluding hydrogens is 150 g/mol. The molecule has 0 bridgehead atoms. The Labute approximate surface area is 71.9 Å². The monoisotopic (exact) mass is 161 g/mol. The second-order valence-electron chi connectivity index (χ2n) is 2.44. The maximum Gasteiger partial charge on any atom is 0.0912 e. The van der Waals surface area contributed by atoms with Crippen molar-refractivity contribution in [2.45, 2.75) is 19.9 Å². The number of rotatable bonds is 3. The summed E-state index contributed by atoms with van der Waals surface area (Å²) < 4.78 is 1.88. The zero-order valence-corrected chi connectivity index (χ0v) is 7.07. The summed E-state index contributed by atoms with van der Waals surface area (Å²) in [7, 11) is 0. The van der Waals surface area contributed by atoms with E-state index in [0.717, 1.165) is 18.7 Å². The third kappa shape index (κ3) is 1.96. The number of nitriles is 1. The van der Waals surface area contributed by atoms with Crippen LogP contribution in [0.15, 0.2) is 18.3 Å². The fourth-order valence-electron chi connectivity index (χ4n) is 1.01. The summed E-state index contributed by atoms with van der Waals surface area (Å²) in [5.41, 5.74) is 0.985. The van der Waals surface area contributed by atoms with Crippen LogP contribution < -0.4 is 0 Å². The second-order valence-corrected chi connectivity index (χ2v) is 2.44. The number of aromatic nitrogens is 2. The summed E-state index contributed by atoms with van der Waals surface area (Å²) in [5, 5.41) is 12.4. The molecule has 1 heterocycles. The molecule has 1 rings (SSSR count). The summed E-state index contributed by atoms with van der Waals surface area (Å²) in [6.07, 6.45) is 6.02. The molecule has 0 fully saturated rings. The first kappa shape index (κ1) is 8.54. The van der Waals surface area contributed by atoms with Crippen LogP contribution in [0.1, 0.15) is 19.0 Å². The smallest absolute Gasteiger partial charge is 0.0912 e. The molecule has 0 saturated heterocycles. The van der Waals surface area contributed by atoms with Crippen molar-refractivity contribution in [3.63, 3.8) is 0 Å². The van der Waals surface area contributed by atoms with Crippen LogP contribution in [0.2, 0.25) is 0 Å². The van der Waals surface area contributed by atoms with Gasteiger partial charge in [-0.3, -0.25) is 4.68 Å². The van der Waals surface area contributed by atoms with Crippen LogP contribution in [0.25, 0.3) is 6.08 Å². The van der Waals surface area contributed by atoms with Gasteiger partial charge < -0.3 is 0 Å². The molecule has 3 heteroatoms. The van der Waals surface area contributed by atoms with Crippen LogP contribution in [0.3, 0.4) is 0 Å². The average Bonchev–Trinajstić information content (AvgIpc) is 2.50. The Balaban J connectivity index is 2.78. The molecule has 1 aromatic rings. The van der Waals surface area contributed by atoms with Crippen molar-refractivity contribution in [1.29, 1.82) is 5.26 Å². The molecule has 0 amide bonds. The van der Waals surface area contributed by atoms with Gasteiger partial charge in [0.05, 0.1) is 11.8 Å². The minimum Gasteiger partial charge on any atom is -0.265 e. The molecular formula is C9H11N3. The van der Waals surface area contributed by atoms with Crippen LogP contribution >= 0.6 is 0 Å². The summed E-state index contributed by atoms with van der Waals surface area (Å²) in [6, 6.07) is 3.85. The highest BCUT2D eigenvalue weighted by molar-refractivity contribution is 5.47. The van der Waals surface area contributed by atoms with Crippen molar-refractivity contribution in [2.75, 3.05) is 0 Å². The minimum absolute atomic E-state index is 0.901. The van der Waals surface area contributed by atoms with Gasteiger partial charge in [-0.05, 0) is 18.6 Å². The van der Waals surface area contributed by atoms with Crippen LogP contribution in [0.5, 0.6) is 0 Å². The number of allylic oxidation sites excluding steroid dienone is 1. The predicted molar refractivity (Wildman–Crippen MR) is 47.2 cm³/mol. The first-order valence-corrected chi connectivity index (χ1v) is 3.96. The Hall–Kier alpha value is -1.56. The fraction of sp³-hybridized carbons (Fsp3) is 0.333. The molecule has 0 aliphatic heterocycles. The summed E-state index contributed by atoms with van der Waals surface area (Å²) >= 11 is 0. The van der Waals surface area contributed by atoms with E-state index in [-0.39, 0.29) is 0 Å². The molecule has 0 aromatic carbocycles. The van der Waals surface area contributed by atoms with Crippen LogP contribution in [-0.4, -0.2) is 9.78 Å². The van der Waals surface area contributed by atoms with Gasteiger partial charge in [-0.25, -0.2) is 0 Å². The number of hydrogen-bond acceptors (Lipinski definition) is 2. The third-order valence-corrected chi connectivity index (χ3v) is 1.51. The van der Waals surface area contributed by atoms with Gasteiger partial charge in [-0.2, -0.15) is 10.4 Å². The van der Waals surface area contributed by atoms with Crippen LogP contribution in [0, 0.1) is 11.3 Å². The topological polar surface area (TPSA) is 41.6 Å². The molecule has 0 saturated carbocycles. The first-order chi connectivity index (χ1) is 5.88. The van der Waals surface area contributed by atoms with Crippen LogP contribution in [-0.2, 0) is 6.54 Å². The molecule has 0 aliphatic carbocycles. The van der Waals surface area contributed by atoms with Crippen molar-refractivity contribution in [2.24, 2.45) is 0 Å². The molecule has 1 aromatic heterocycles. The maximum atomic E-state index is 8.32. The highest BCUT2D eigenvalue weighted by Crippen LogP contribution is 2.01. The van der Waals surface area contributed by atoms with Crippen LogP contribution in [0.4, 0.5) is 0 Å². The van der Waals surface area contributed by atoms with Gasteiger partial charge in [0.1, 0.15) is 0 Å².